The fourth-order valence-corrected chi connectivity index (χ4v) is 6.04. The second-order valence-electron chi connectivity index (χ2n) is 7.88. The zero-order valence-corrected chi connectivity index (χ0v) is 22.0. The molecule has 0 spiro atoms. The van der Waals surface area contributed by atoms with Crippen LogP contribution < -0.4 is 14.4 Å². The molecule has 1 aromatic heterocycles. The van der Waals surface area contributed by atoms with Crippen molar-refractivity contribution in [1.82, 2.24) is 10.2 Å². The Labute approximate surface area is 208 Å². The minimum atomic E-state index is -4.00. The van der Waals surface area contributed by atoms with E-state index in [0.29, 0.717) is 29.1 Å². The van der Waals surface area contributed by atoms with Gasteiger partial charge in [0.05, 0.1) is 17.2 Å². The molecular weight excluding hydrogens is 492 g/mol. The third-order valence-corrected chi connectivity index (χ3v) is 8.71. The summed E-state index contributed by atoms with van der Waals surface area (Å²) in [4.78, 5) is 13.0. The van der Waals surface area contributed by atoms with E-state index in [1.54, 1.807) is 48.2 Å². The number of carbonyl (C=O) groups excluding carboxylic acids is 1. The van der Waals surface area contributed by atoms with E-state index in [4.69, 9.17) is 4.74 Å². The number of aromatic nitrogens is 2. The van der Waals surface area contributed by atoms with Crippen LogP contribution in [0.25, 0.3) is 0 Å². The van der Waals surface area contributed by atoms with Crippen LogP contribution in [0.4, 0.5) is 10.8 Å². The van der Waals surface area contributed by atoms with Crippen molar-refractivity contribution in [1.29, 1.82) is 0 Å². The van der Waals surface area contributed by atoms with Gasteiger partial charge in [0.15, 0.2) is 4.34 Å². The lowest BCUT2D eigenvalue weighted by Gasteiger charge is -2.24. The number of carbonyl (C=O) groups is 1. The molecule has 0 bridgehead atoms. The van der Waals surface area contributed by atoms with Crippen molar-refractivity contribution in [3.05, 3.63) is 54.1 Å². The van der Waals surface area contributed by atoms with Gasteiger partial charge in [-0.05, 0) is 56.2 Å². The Bertz CT molecular complexity index is 1190. The van der Waals surface area contributed by atoms with E-state index in [-0.39, 0.29) is 4.90 Å². The molecule has 0 aliphatic heterocycles. The molecule has 0 unspecified atom stereocenters. The smallest absolute Gasteiger partial charge is 0.264 e. The molecule has 1 heterocycles. The summed E-state index contributed by atoms with van der Waals surface area (Å²) in [5.41, 5.74) is 1.29. The summed E-state index contributed by atoms with van der Waals surface area (Å²) in [5.74, 6) is 1.49. The number of rotatable bonds is 11. The average Bonchev–Trinajstić information content (AvgIpc) is 3.24. The molecule has 8 nitrogen and oxygen atoms in total. The van der Waals surface area contributed by atoms with Crippen molar-refractivity contribution in [2.45, 2.75) is 36.9 Å². The van der Waals surface area contributed by atoms with Crippen molar-refractivity contribution in [2.75, 3.05) is 28.5 Å². The van der Waals surface area contributed by atoms with Gasteiger partial charge in [0, 0.05) is 5.75 Å². The maximum atomic E-state index is 13.5. The summed E-state index contributed by atoms with van der Waals surface area (Å²) in [5, 5.41) is 11.1. The zero-order chi connectivity index (χ0) is 24.7. The van der Waals surface area contributed by atoms with Crippen LogP contribution in [0.3, 0.4) is 0 Å². The van der Waals surface area contributed by atoms with Crippen LogP contribution in [0, 0.1) is 12.8 Å². The molecule has 2 aromatic carbocycles. The molecule has 0 saturated heterocycles. The maximum absolute atomic E-state index is 13.5. The van der Waals surface area contributed by atoms with E-state index in [1.807, 2.05) is 13.8 Å². The first-order chi connectivity index (χ1) is 16.2. The van der Waals surface area contributed by atoms with Crippen LogP contribution in [0.1, 0.15) is 26.3 Å². The number of thioether (sulfide) groups is 1. The van der Waals surface area contributed by atoms with Gasteiger partial charge in [-0.2, -0.15) is 0 Å². The molecule has 11 heteroatoms. The van der Waals surface area contributed by atoms with E-state index in [2.05, 4.69) is 29.4 Å². The van der Waals surface area contributed by atoms with E-state index < -0.39 is 22.5 Å². The van der Waals surface area contributed by atoms with Crippen LogP contribution in [-0.4, -0.2) is 43.4 Å². The zero-order valence-electron chi connectivity index (χ0n) is 19.5. The first kappa shape index (κ1) is 26.0. The third kappa shape index (κ3) is 6.94. The van der Waals surface area contributed by atoms with Crippen LogP contribution in [0.2, 0.25) is 0 Å². The fraction of sp³-hybridized carbons (Fsp3) is 0.348. The van der Waals surface area contributed by atoms with Gasteiger partial charge in [0.2, 0.25) is 11.0 Å². The van der Waals surface area contributed by atoms with Crippen LogP contribution >= 0.6 is 23.1 Å². The molecule has 0 atom stereocenters. The van der Waals surface area contributed by atoms with Crippen molar-refractivity contribution in [3.63, 3.8) is 0 Å². The Morgan fingerprint density at radius 2 is 1.79 bits per heavy atom. The SMILES string of the molecule is CCOc1ccc(N(CC(=O)Nc2nnc(SCC(C)C)s2)S(=O)(=O)c2ccc(C)cc2)cc1. The molecule has 0 radical (unpaired) electrons. The molecule has 0 aliphatic carbocycles. The number of hydrogen-bond acceptors (Lipinski definition) is 8. The Morgan fingerprint density at radius 3 is 2.41 bits per heavy atom. The highest BCUT2D eigenvalue weighted by atomic mass is 32.2. The summed E-state index contributed by atoms with van der Waals surface area (Å²) in [6.07, 6.45) is 0. The number of hydrogen-bond donors (Lipinski definition) is 1. The van der Waals surface area contributed by atoms with E-state index >= 15 is 0 Å². The number of benzene rings is 2. The highest BCUT2D eigenvalue weighted by molar-refractivity contribution is 8.01. The lowest BCUT2D eigenvalue weighted by molar-refractivity contribution is -0.114. The first-order valence-corrected chi connectivity index (χ1v) is 14.0. The van der Waals surface area contributed by atoms with Crippen molar-refractivity contribution >= 4 is 49.8 Å². The number of nitrogens with one attached hydrogen (secondary N) is 1. The van der Waals surface area contributed by atoms with Gasteiger partial charge in [-0.25, -0.2) is 8.42 Å². The lowest BCUT2D eigenvalue weighted by Crippen LogP contribution is -2.38. The van der Waals surface area contributed by atoms with Gasteiger partial charge >= 0.3 is 0 Å². The molecule has 3 aromatic rings. The summed E-state index contributed by atoms with van der Waals surface area (Å²) >= 11 is 2.83. The Hall–Kier alpha value is -2.63. The average molecular weight is 521 g/mol. The Kier molecular flexibility index (Phi) is 8.92. The molecular formula is C23H28N4O4S3. The molecule has 1 N–H and O–H groups in total. The second-order valence-corrected chi connectivity index (χ2v) is 12.0. The summed E-state index contributed by atoms with van der Waals surface area (Å²) in [7, 11) is -4.00. The van der Waals surface area contributed by atoms with Gasteiger partial charge in [-0.1, -0.05) is 54.6 Å². The molecule has 3 rings (SSSR count). The maximum Gasteiger partial charge on any atom is 0.264 e. The minimum Gasteiger partial charge on any atom is -0.494 e. The van der Waals surface area contributed by atoms with E-state index in [1.165, 1.54) is 23.5 Å². The van der Waals surface area contributed by atoms with E-state index in [9.17, 15) is 13.2 Å². The van der Waals surface area contributed by atoms with Crippen LogP contribution in [-0.2, 0) is 14.8 Å². The predicted octanol–water partition coefficient (Wildman–Crippen LogP) is 4.83. The minimum absolute atomic E-state index is 0.100. The molecule has 1 amide bonds. The Balaban J connectivity index is 1.83. The lowest BCUT2D eigenvalue weighted by atomic mass is 10.2. The van der Waals surface area contributed by atoms with Gasteiger partial charge in [0.25, 0.3) is 10.0 Å². The fourth-order valence-electron chi connectivity index (χ4n) is 2.87. The quantitative estimate of drug-likeness (QED) is 0.285. The molecule has 0 aliphatic rings. The normalized spacial score (nSPS) is 11.4. The second kappa shape index (κ2) is 11.7. The number of nitrogens with zero attached hydrogens (tertiary/aromatic N) is 3. The third-order valence-electron chi connectivity index (χ3n) is 4.52. The topological polar surface area (TPSA) is 101 Å². The molecule has 0 saturated carbocycles. The number of anilines is 2. The van der Waals surface area contributed by atoms with Gasteiger partial charge < -0.3 is 4.74 Å². The number of sulfonamides is 1. The van der Waals surface area contributed by atoms with Crippen molar-refractivity contribution in [2.24, 2.45) is 5.92 Å². The highest BCUT2D eigenvalue weighted by Gasteiger charge is 2.27. The number of ether oxygens (including phenoxy) is 1. The van der Waals surface area contributed by atoms with Gasteiger partial charge in [-0.3, -0.25) is 14.4 Å². The van der Waals surface area contributed by atoms with Crippen molar-refractivity contribution in [3.8, 4) is 5.75 Å². The monoisotopic (exact) mass is 520 g/mol. The van der Waals surface area contributed by atoms with Crippen LogP contribution in [0.5, 0.6) is 5.75 Å². The Morgan fingerprint density at radius 1 is 1.12 bits per heavy atom. The largest absolute Gasteiger partial charge is 0.494 e. The number of aryl methyl sites for hydroxylation is 1. The summed E-state index contributed by atoms with van der Waals surface area (Å²) < 4.78 is 34.3. The number of amides is 1. The highest BCUT2D eigenvalue weighted by Crippen LogP contribution is 2.28. The molecule has 0 fully saturated rings. The predicted molar refractivity (Wildman–Crippen MR) is 137 cm³/mol. The standard InChI is InChI=1S/C23H28N4O4S3/c1-5-31-19-10-8-18(9-11-19)27(34(29,30)20-12-6-17(4)7-13-20)14-21(28)24-22-25-26-23(33-22)32-15-16(2)3/h6-13,16H,5,14-15H2,1-4H3,(H,24,25,28). The molecule has 34 heavy (non-hydrogen) atoms. The van der Waals surface area contributed by atoms with E-state index in [0.717, 1.165) is 20.0 Å². The van der Waals surface area contributed by atoms with Gasteiger partial charge in [-0.15, -0.1) is 10.2 Å². The van der Waals surface area contributed by atoms with Crippen LogP contribution in [0.15, 0.2) is 57.8 Å². The first-order valence-electron chi connectivity index (χ1n) is 10.8. The summed E-state index contributed by atoms with van der Waals surface area (Å²) in [6, 6.07) is 13.1. The summed E-state index contributed by atoms with van der Waals surface area (Å²) in [6.45, 7) is 8.04. The van der Waals surface area contributed by atoms with Crippen molar-refractivity contribution < 1.29 is 17.9 Å². The van der Waals surface area contributed by atoms with Gasteiger partial charge in [0.1, 0.15) is 12.3 Å². The molecule has 182 valence electrons.